The van der Waals surface area contributed by atoms with E-state index in [1.165, 1.54) is 0 Å². The van der Waals surface area contributed by atoms with E-state index >= 15 is 0 Å². The van der Waals surface area contributed by atoms with Gasteiger partial charge in [0.1, 0.15) is 13.2 Å². The molecule has 0 aliphatic carbocycles. The fourth-order valence-corrected chi connectivity index (χ4v) is 1.63. The minimum Gasteiger partial charge on any atom is -0.232 e. The van der Waals surface area contributed by atoms with Crippen molar-refractivity contribution in [2.75, 3.05) is 0 Å². The molecule has 0 spiro atoms. The molecule has 0 bridgehead atoms. The first-order valence-electron chi connectivity index (χ1n) is 5.47. The van der Waals surface area contributed by atoms with Gasteiger partial charge in [0.05, 0.1) is 0 Å². The van der Waals surface area contributed by atoms with E-state index in [1.54, 1.807) is 0 Å². The Hall–Kier alpha value is -1.06. The molecule has 0 fully saturated rings. The Bertz CT molecular complexity index is 433. The summed E-state index contributed by atoms with van der Waals surface area (Å²) in [5, 5.41) is 1.42. The smallest absolute Gasteiger partial charge is 0.107 e. The Morgan fingerprint density at radius 1 is 0.611 bits per heavy atom. The van der Waals surface area contributed by atoms with Crippen molar-refractivity contribution in [1.29, 1.82) is 0 Å². The van der Waals surface area contributed by atoms with E-state index in [2.05, 4.69) is 0 Å². The van der Waals surface area contributed by atoms with Gasteiger partial charge in [0.2, 0.25) is 0 Å². The normalized spacial score (nSPS) is 10.6. The Kier molecular flexibility index (Phi) is 5.02. The van der Waals surface area contributed by atoms with Gasteiger partial charge in [0, 0.05) is 10.0 Å². The van der Waals surface area contributed by atoms with E-state index in [9.17, 15) is 0 Å². The molecule has 0 aliphatic heterocycles. The summed E-state index contributed by atoms with van der Waals surface area (Å²) in [6.45, 7) is 0.787. The van der Waals surface area contributed by atoms with Crippen LogP contribution in [0.15, 0.2) is 48.5 Å². The van der Waals surface area contributed by atoms with Crippen LogP contribution >= 0.6 is 23.2 Å². The fraction of sp³-hybridized carbons (Fsp3) is 0.143. The largest absolute Gasteiger partial charge is 0.232 e. The number of hydrogen-bond acceptors (Lipinski definition) is 2. The average Bonchev–Trinajstić information content (AvgIpc) is 2.39. The van der Waals surface area contributed by atoms with E-state index in [-0.39, 0.29) is 0 Å². The molecule has 0 N–H and O–H groups in total. The highest BCUT2D eigenvalue weighted by atomic mass is 35.5. The lowest BCUT2D eigenvalue weighted by atomic mass is 10.2. The average molecular weight is 283 g/mol. The third kappa shape index (κ3) is 4.31. The van der Waals surface area contributed by atoms with E-state index in [0.717, 1.165) is 11.1 Å². The van der Waals surface area contributed by atoms with E-state index in [4.69, 9.17) is 33.0 Å². The van der Waals surface area contributed by atoms with Crippen LogP contribution in [0.4, 0.5) is 0 Å². The van der Waals surface area contributed by atoms with Gasteiger partial charge in [-0.05, 0) is 35.4 Å². The van der Waals surface area contributed by atoms with E-state index < -0.39 is 0 Å². The van der Waals surface area contributed by atoms with Crippen LogP contribution in [0, 0.1) is 0 Å². The predicted octanol–water partition coefficient (Wildman–Crippen LogP) is 4.64. The summed E-state index contributed by atoms with van der Waals surface area (Å²) in [5.74, 6) is 0. The number of hydrogen-bond donors (Lipinski definition) is 0. The highest BCUT2D eigenvalue weighted by Crippen LogP contribution is 2.12. The summed E-state index contributed by atoms with van der Waals surface area (Å²) in [6, 6.07) is 14.9. The number of benzene rings is 2. The van der Waals surface area contributed by atoms with E-state index in [0.29, 0.717) is 23.3 Å². The first kappa shape index (κ1) is 13.4. The van der Waals surface area contributed by atoms with Crippen molar-refractivity contribution in [2.45, 2.75) is 13.2 Å². The van der Waals surface area contributed by atoms with Gasteiger partial charge in [-0.3, -0.25) is 0 Å². The molecule has 2 rings (SSSR count). The molecule has 0 saturated heterocycles. The maximum absolute atomic E-state index is 5.78. The molecule has 0 saturated carbocycles. The Balaban J connectivity index is 1.73. The van der Waals surface area contributed by atoms with Gasteiger partial charge in [-0.1, -0.05) is 47.5 Å². The Morgan fingerprint density at radius 3 is 1.28 bits per heavy atom. The van der Waals surface area contributed by atoms with Gasteiger partial charge >= 0.3 is 0 Å². The van der Waals surface area contributed by atoms with Crippen LogP contribution in [0.25, 0.3) is 0 Å². The van der Waals surface area contributed by atoms with Crippen LogP contribution in [-0.4, -0.2) is 0 Å². The Morgan fingerprint density at radius 2 is 0.944 bits per heavy atom. The lowest BCUT2D eigenvalue weighted by molar-refractivity contribution is -0.313. The zero-order chi connectivity index (χ0) is 12.8. The monoisotopic (exact) mass is 282 g/mol. The maximum Gasteiger partial charge on any atom is 0.107 e. The first-order valence-corrected chi connectivity index (χ1v) is 6.23. The van der Waals surface area contributed by atoms with Crippen LogP contribution < -0.4 is 0 Å². The van der Waals surface area contributed by atoms with Crippen molar-refractivity contribution in [1.82, 2.24) is 0 Å². The SMILES string of the molecule is Clc1ccc(COOCc2ccc(Cl)cc2)cc1. The van der Waals surface area contributed by atoms with Gasteiger partial charge in [0.15, 0.2) is 0 Å². The second kappa shape index (κ2) is 6.76. The van der Waals surface area contributed by atoms with Crippen LogP contribution in [-0.2, 0) is 23.0 Å². The molecule has 0 heterocycles. The van der Waals surface area contributed by atoms with Crippen molar-refractivity contribution >= 4 is 23.2 Å². The topological polar surface area (TPSA) is 18.5 Å². The van der Waals surface area contributed by atoms with Gasteiger partial charge in [0.25, 0.3) is 0 Å². The first-order chi connectivity index (χ1) is 8.74. The lowest BCUT2D eigenvalue weighted by Crippen LogP contribution is -1.96. The second-order valence-corrected chi connectivity index (χ2v) is 4.65. The molecule has 0 radical (unpaired) electrons. The molecule has 4 heteroatoms. The summed E-state index contributed by atoms with van der Waals surface area (Å²) in [5.41, 5.74) is 2.02. The van der Waals surface area contributed by atoms with Gasteiger partial charge < -0.3 is 0 Å². The predicted molar refractivity (Wildman–Crippen MR) is 72.5 cm³/mol. The molecule has 2 nitrogen and oxygen atoms in total. The molecule has 0 amide bonds. The maximum atomic E-state index is 5.78. The minimum absolute atomic E-state index is 0.394. The summed E-state index contributed by atoms with van der Waals surface area (Å²) in [6.07, 6.45) is 0. The van der Waals surface area contributed by atoms with Gasteiger partial charge in [-0.15, -0.1) is 0 Å². The van der Waals surface area contributed by atoms with Crippen LogP contribution in [0.3, 0.4) is 0 Å². The molecule has 2 aromatic carbocycles. The van der Waals surface area contributed by atoms with Crippen molar-refractivity contribution in [3.05, 3.63) is 69.7 Å². The van der Waals surface area contributed by atoms with Crippen LogP contribution in [0.1, 0.15) is 11.1 Å². The van der Waals surface area contributed by atoms with Crippen molar-refractivity contribution in [3.8, 4) is 0 Å². The van der Waals surface area contributed by atoms with Gasteiger partial charge in [-0.2, -0.15) is 0 Å². The standard InChI is InChI=1S/C14H12Cl2O2/c15-13-5-1-11(2-6-13)9-17-18-10-12-3-7-14(16)8-4-12/h1-8H,9-10H2. The van der Waals surface area contributed by atoms with Gasteiger partial charge in [-0.25, -0.2) is 9.78 Å². The Labute approximate surface area is 116 Å². The van der Waals surface area contributed by atoms with E-state index in [1.807, 2.05) is 48.5 Å². The third-order valence-electron chi connectivity index (χ3n) is 2.36. The zero-order valence-electron chi connectivity index (χ0n) is 9.61. The molecule has 0 unspecified atom stereocenters. The minimum atomic E-state index is 0.394. The molecule has 94 valence electrons. The summed E-state index contributed by atoms with van der Waals surface area (Å²) in [7, 11) is 0. The molecule has 0 aliphatic rings. The number of rotatable bonds is 5. The van der Waals surface area contributed by atoms with Crippen molar-refractivity contribution in [3.63, 3.8) is 0 Å². The number of halogens is 2. The molecule has 2 aromatic rings. The highest BCUT2D eigenvalue weighted by molar-refractivity contribution is 6.30. The molecule has 0 atom stereocenters. The highest BCUT2D eigenvalue weighted by Gasteiger charge is 1.96. The van der Waals surface area contributed by atoms with Crippen LogP contribution in [0.5, 0.6) is 0 Å². The summed E-state index contributed by atoms with van der Waals surface area (Å²) < 4.78 is 0. The zero-order valence-corrected chi connectivity index (χ0v) is 11.1. The molecular formula is C14H12Cl2O2. The molecular weight excluding hydrogens is 271 g/mol. The third-order valence-corrected chi connectivity index (χ3v) is 2.86. The van der Waals surface area contributed by atoms with Crippen molar-refractivity contribution < 1.29 is 9.78 Å². The van der Waals surface area contributed by atoms with Crippen molar-refractivity contribution in [2.24, 2.45) is 0 Å². The van der Waals surface area contributed by atoms with Crippen LogP contribution in [0.2, 0.25) is 10.0 Å². The lowest BCUT2D eigenvalue weighted by Gasteiger charge is -2.04. The fourth-order valence-electron chi connectivity index (χ4n) is 1.38. The summed E-state index contributed by atoms with van der Waals surface area (Å²) >= 11 is 11.6. The molecule has 18 heavy (non-hydrogen) atoms. The second-order valence-electron chi connectivity index (χ2n) is 3.78. The molecule has 0 aromatic heterocycles. The quantitative estimate of drug-likeness (QED) is 0.452. The summed E-state index contributed by atoms with van der Waals surface area (Å²) in [4.78, 5) is 10.2.